The molecule has 86 valence electrons. The smallest absolute Gasteiger partial charge is 0.232 e. The lowest BCUT2D eigenvalue weighted by Gasteiger charge is -1.95. The number of nitrogen functional groups attached to an aromatic ring is 1. The van der Waals surface area contributed by atoms with Gasteiger partial charge in [0, 0.05) is 11.8 Å². The molecule has 0 spiro atoms. The molecule has 2 aromatic rings. The molecule has 0 atom stereocenters. The van der Waals surface area contributed by atoms with Crippen molar-refractivity contribution in [2.75, 3.05) is 5.73 Å². The number of hydrogen-bond donors (Lipinski definition) is 1. The number of nitrogens with two attached hydrogens (primary N) is 1. The number of nitrogens with zero attached hydrogens (tertiary/aromatic N) is 3. The molecule has 0 aliphatic rings. The van der Waals surface area contributed by atoms with Crippen molar-refractivity contribution in [2.45, 2.75) is 26.7 Å². The van der Waals surface area contributed by atoms with Crippen molar-refractivity contribution in [2.24, 2.45) is 5.92 Å². The van der Waals surface area contributed by atoms with Crippen molar-refractivity contribution in [1.29, 1.82) is 0 Å². The van der Waals surface area contributed by atoms with E-state index in [2.05, 4.69) is 29.0 Å². The first kappa shape index (κ1) is 11.1. The van der Waals surface area contributed by atoms with E-state index >= 15 is 0 Å². The van der Waals surface area contributed by atoms with E-state index in [1.807, 2.05) is 5.38 Å². The van der Waals surface area contributed by atoms with Crippen LogP contribution in [-0.2, 0) is 12.8 Å². The molecule has 5 nitrogen and oxygen atoms in total. The summed E-state index contributed by atoms with van der Waals surface area (Å²) < 4.78 is 5.14. The maximum Gasteiger partial charge on any atom is 0.232 e. The van der Waals surface area contributed by atoms with Gasteiger partial charge in [0.05, 0.1) is 12.1 Å². The van der Waals surface area contributed by atoms with Crippen LogP contribution in [0.1, 0.15) is 31.3 Å². The van der Waals surface area contributed by atoms with Crippen LogP contribution in [0.4, 0.5) is 5.13 Å². The molecule has 0 aromatic carbocycles. The second kappa shape index (κ2) is 4.61. The van der Waals surface area contributed by atoms with Crippen molar-refractivity contribution in [3.63, 3.8) is 0 Å². The largest absolute Gasteiger partial charge is 0.375 e. The third-order valence-corrected chi connectivity index (χ3v) is 2.73. The van der Waals surface area contributed by atoms with Gasteiger partial charge < -0.3 is 10.3 Å². The van der Waals surface area contributed by atoms with Gasteiger partial charge in [0.15, 0.2) is 11.0 Å². The maximum absolute atomic E-state index is 5.54. The molecule has 0 amide bonds. The average molecular weight is 238 g/mol. The molecule has 0 saturated carbocycles. The van der Waals surface area contributed by atoms with Crippen LogP contribution in [-0.4, -0.2) is 15.1 Å². The number of rotatable bonds is 4. The van der Waals surface area contributed by atoms with Crippen LogP contribution in [0.15, 0.2) is 9.90 Å². The van der Waals surface area contributed by atoms with Gasteiger partial charge >= 0.3 is 0 Å². The fraction of sp³-hybridized carbons (Fsp3) is 0.500. The minimum absolute atomic E-state index is 0.528. The quantitative estimate of drug-likeness (QED) is 0.880. The van der Waals surface area contributed by atoms with E-state index in [1.165, 1.54) is 11.3 Å². The number of thiazole rings is 1. The Morgan fingerprint density at radius 1 is 1.44 bits per heavy atom. The van der Waals surface area contributed by atoms with Crippen LogP contribution >= 0.6 is 11.3 Å². The van der Waals surface area contributed by atoms with Gasteiger partial charge in [-0.2, -0.15) is 4.98 Å². The lowest BCUT2D eigenvalue weighted by atomic mass is 10.1. The normalized spacial score (nSPS) is 11.2. The fourth-order valence-electron chi connectivity index (χ4n) is 1.37. The van der Waals surface area contributed by atoms with Crippen LogP contribution in [0, 0.1) is 5.92 Å². The van der Waals surface area contributed by atoms with Gasteiger partial charge in [-0.25, -0.2) is 4.98 Å². The van der Waals surface area contributed by atoms with Crippen molar-refractivity contribution in [3.8, 4) is 0 Å². The van der Waals surface area contributed by atoms with Crippen LogP contribution in [0.5, 0.6) is 0 Å². The van der Waals surface area contributed by atoms with E-state index < -0.39 is 0 Å². The van der Waals surface area contributed by atoms with Crippen molar-refractivity contribution in [3.05, 3.63) is 22.8 Å². The lowest BCUT2D eigenvalue weighted by Crippen LogP contribution is -1.96. The second-order valence-corrected chi connectivity index (χ2v) is 4.95. The maximum atomic E-state index is 5.54. The molecule has 0 unspecified atom stereocenters. The zero-order chi connectivity index (χ0) is 11.5. The third kappa shape index (κ3) is 2.79. The molecule has 0 fully saturated rings. The molecule has 0 aliphatic carbocycles. The third-order valence-electron chi connectivity index (χ3n) is 2.00. The highest BCUT2D eigenvalue weighted by molar-refractivity contribution is 7.13. The molecule has 2 N–H and O–H groups in total. The summed E-state index contributed by atoms with van der Waals surface area (Å²) in [5, 5.41) is 6.39. The van der Waals surface area contributed by atoms with Crippen molar-refractivity contribution < 1.29 is 4.52 Å². The molecular weight excluding hydrogens is 224 g/mol. The highest BCUT2D eigenvalue weighted by Gasteiger charge is 2.10. The Kier molecular flexibility index (Phi) is 3.19. The molecule has 2 heterocycles. The molecular formula is C10H14N4OS. The summed E-state index contributed by atoms with van der Waals surface area (Å²) in [6.45, 7) is 4.24. The Bertz CT molecular complexity index is 463. The number of hydrogen-bond acceptors (Lipinski definition) is 6. The molecule has 2 rings (SSSR count). The predicted octanol–water partition coefficient (Wildman–Crippen LogP) is 1.90. The van der Waals surface area contributed by atoms with Gasteiger partial charge in [-0.05, 0) is 5.92 Å². The highest BCUT2D eigenvalue weighted by Crippen LogP contribution is 2.14. The Balaban J connectivity index is 2.02. The summed E-state index contributed by atoms with van der Waals surface area (Å²) >= 11 is 1.42. The number of anilines is 1. The van der Waals surface area contributed by atoms with Crippen molar-refractivity contribution in [1.82, 2.24) is 15.1 Å². The lowest BCUT2D eigenvalue weighted by molar-refractivity contribution is 0.376. The highest BCUT2D eigenvalue weighted by atomic mass is 32.1. The van der Waals surface area contributed by atoms with Crippen LogP contribution < -0.4 is 5.73 Å². The summed E-state index contributed by atoms with van der Waals surface area (Å²) in [5.74, 6) is 1.88. The number of aromatic nitrogens is 3. The van der Waals surface area contributed by atoms with Crippen LogP contribution in [0.3, 0.4) is 0 Å². The minimum atomic E-state index is 0.528. The van der Waals surface area contributed by atoms with Crippen LogP contribution in [0.2, 0.25) is 0 Å². The minimum Gasteiger partial charge on any atom is -0.375 e. The fourth-order valence-corrected chi connectivity index (χ4v) is 1.93. The summed E-state index contributed by atoms with van der Waals surface area (Å²) in [6, 6.07) is 0. The van der Waals surface area contributed by atoms with E-state index in [0.29, 0.717) is 23.4 Å². The Morgan fingerprint density at radius 3 is 2.88 bits per heavy atom. The van der Waals surface area contributed by atoms with Gasteiger partial charge in [-0.15, -0.1) is 11.3 Å². The Morgan fingerprint density at radius 2 is 2.25 bits per heavy atom. The molecule has 0 radical (unpaired) electrons. The Hall–Kier alpha value is -1.43. The first-order valence-electron chi connectivity index (χ1n) is 5.15. The Labute approximate surface area is 97.7 Å². The monoisotopic (exact) mass is 238 g/mol. The van der Waals surface area contributed by atoms with E-state index in [4.69, 9.17) is 10.3 Å². The van der Waals surface area contributed by atoms with E-state index in [1.54, 1.807) is 0 Å². The zero-order valence-corrected chi connectivity index (χ0v) is 10.1. The second-order valence-electron chi connectivity index (χ2n) is 4.06. The molecule has 0 bridgehead atoms. The molecule has 6 heteroatoms. The molecule has 2 aromatic heterocycles. The summed E-state index contributed by atoms with van der Waals surface area (Å²) in [6.07, 6.45) is 1.39. The molecule has 16 heavy (non-hydrogen) atoms. The van der Waals surface area contributed by atoms with Crippen LogP contribution in [0.25, 0.3) is 0 Å². The topological polar surface area (TPSA) is 77.8 Å². The predicted molar refractivity (Wildman–Crippen MR) is 62.2 cm³/mol. The first-order valence-corrected chi connectivity index (χ1v) is 6.03. The van der Waals surface area contributed by atoms with Gasteiger partial charge in [0.2, 0.25) is 5.89 Å². The first-order chi connectivity index (χ1) is 7.63. The van der Waals surface area contributed by atoms with Gasteiger partial charge in [-0.3, -0.25) is 0 Å². The van der Waals surface area contributed by atoms with E-state index in [9.17, 15) is 0 Å². The zero-order valence-electron chi connectivity index (χ0n) is 9.30. The summed E-state index contributed by atoms with van der Waals surface area (Å²) in [4.78, 5) is 8.45. The average Bonchev–Trinajstić information content (AvgIpc) is 2.76. The van der Waals surface area contributed by atoms with E-state index in [0.717, 1.165) is 17.9 Å². The van der Waals surface area contributed by atoms with Gasteiger partial charge in [-0.1, -0.05) is 19.0 Å². The summed E-state index contributed by atoms with van der Waals surface area (Å²) in [5.41, 5.74) is 6.42. The standard InChI is InChI=1S/C10H14N4OS/c1-6(2)3-8-13-9(15-14-8)4-7-5-16-10(11)12-7/h5-6H,3-4H2,1-2H3,(H2,11,12). The van der Waals surface area contributed by atoms with E-state index in [-0.39, 0.29) is 0 Å². The van der Waals surface area contributed by atoms with Gasteiger partial charge in [0.1, 0.15) is 0 Å². The summed E-state index contributed by atoms with van der Waals surface area (Å²) in [7, 11) is 0. The molecule has 0 aliphatic heterocycles. The van der Waals surface area contributed by atoms with Crippen molar-refractivity contribution >= 4 is 16.5 Å². The van der Waals surface area contributed by atoms with Gasteiger partial charge in [0.25, 0.3) is 0 Å². The molecule has 0 saturated heterocycles. The SMILES string of the molecule is CC(C)Cc1noc(Cc2csc(N)n2)n1.